The molecule has 1 aromatic rings. The van der Waals surface area contributed by atoms with Gasteiger partial charge in [0.05, 0.1) is 32.0 Å². The zero-order valence-electron chi connectivity index (χ0n) is 13.0. The number of carbonyl (C=O) groups is 1. The molecule has 1 aliphatic rings. The zero-order valence-corrected chi connectivity index (χ0v) is 13.0. The first-order chi connectivity index (χ1) is 11.2. The quantitative estimate of drug-likeness (QED) is 0.693. The number of aliphatic hydroxyl groups is 1. The maximum absolute atomic E-state index is 13.5. The number of hydrogen-bond donors (Lipinski definition) is 3. The molecule has 2 atom stereocenters. The van der Waals surface area contributed by atoms with Crippen LogP contribution in [0.2, 0.25) is 0 Å². The minimum absolute atomic E-state index is 0.0566. The zero-order chi connectivity index (χ0) is 16.5. The molecule has 1 aliphatic heterocycles. The minimum Gasteiger partial charge on any atom is -0.394 e. The average Bonchev–Trinajstić information content (AvgIpc) is 2.56. The van der Waals surface area contributed by atoms with Gasteiger partial charge in [-0.15, -0.1) is 0 Å². The second-order valence-corrected chi connectivity index (χ2v) is 5.34. The molecule has 0 aromatic heterocycles. The first-order valence-electron chi connectivity index (χ1n) is 7.78. The summed E-state index contributed by atoms with van der Waals surface area (Å²) in [5, 5.41) is 14.3. The van der Waals surface area contributed by atoms with Gasteiger partial charge in [0.15, 0.2) is 0 Å². The SMILES string of the molecule is O=C(NCCc1ccccc1F)N[C@H]1COCC[C@H]1OCCO. The highest BCUT2D eigenvalue weighted by molar-refractivity contribution is 5.74. The van der Waals surface area contributed by atoms with Crippen molar-refractivity contribution in [1.29, 1.82) is 0 Å². The number of rotatable bonds is 7. The highest BCUT2D eigenvalue weighted by atomic mass is 19.1. The van der Waals surface area contributed by atoms with E-state index < -0.39 is 0 Å². The van der Waals surface area contributed by atoms with Crippen LogP contribution in [0, 0.1) is 5.82 Å². The summed E-state index contributed by atoms with van der Waals surface area (Å²) in [6.07, 6.45) is 0.916. The Morgan fingerprint density at radius 2 is 2.26 bits per heavy atom. The number of amides is 2. The summed E-state index contributed by atoms with van der Waals surface area (Å²) in [6.45, 7) is 1.46. The average molecular weight is 326 g/mol. The Balaban J connectivity index is 1.73. The van der Waals surface area contributed by atoms with Crippen LogP contribution in [0.3, 0.4) is 0 Å². The lowest BCUT2D eigenvalue weighted by molar-refractivity contribution is -0.0603. The first-order valence-corrected chi connectivity index (χ1v) is 7.78. The van der Waals surface area contributed by atoms with E-state index in [1.165, 1.54) is 6.07 Å². The molecule has 1 aromatic carbocycles. The largest absolute Gasteiger partial charge is 0.394 e. The summed E-state index contributed by atoms with van der Waals surface area (Å²) in [4.78, 5) is 11.9. The van der Waals surface area contributed by atoms with Crippen LogP contribution in [0.15, 0.2) is 24.3 Å². The number of urea groups is 1. The first kappa shape index (κ1) is 17.7. The molecule has 2 rings (SSSR count). The van der Waals surface area contributed by atoms with Crippen LogP contribution < -0.4 is 10.6 Å². The van der Waals surface area contributed by atoms with Crippen molar-refractivity contribution in [2.45, 2.75) is 25.0 Å². The number of nitrogens with one attached hydrogen (secondary N) is 2. The van der Waals surface area contributed by atoms with Crippen molar-refractivity contribution in [2.75, 3.05) is 33.0 Å². The predicted molar refractivity (Wildman–Crippen MR) is 82.7 cm³/mol. The molecule has 3 N–H and O–H groups in total. The van der Waals surface area contributed by atoms with Gasteiger partial charge in [0, 0.05) is 13.2 Å². The van der Waals surface area contributed by atoms with Crippen LogP contribution in [-0.4, -0.2) is 56.3 Å². The van der Waals surface area contributed by atoms with E-state index in [-0.39, 0.29) is 37.2 Å². The summed E-state index contributed by atoms with van der Waals surface area (Å²) >= 11 is 0. The molecule has 1 fully saturated rings. The third kappa shape index (κ3) is 5.78. The van der Waals surface area contributed by atoms with Crippen molar-refractivity contribution >= 4 is 6.03 Å². The molecular weight excluding hydrogens is 303 g/mol. The lowest BCUT2D eigenvalue weighted by atomic mass is 10.1. The molecule has 2 amide bonds. The standard InChI is InChI=1S/C16H23FN2O4/c17-13-4-2-1-3-12(13)5-7-18-16(21)19-14-11-22-9-6-15(14)23-10-8-20/h1-4,14-15,20H,5-11H2,(H2,18,19,21)/t14-,15+/m0/s1. The summed E-state index contributed by atoms with van der Waals surface area (Å²) in [7, 11) is 0. The van der Waals surface area contributed by atoms with Crippen LogP contribution in [0.4, 0.5) is 9.18 Å². The number of benzene rings is 1. The molecule has 7 heteroatoms. The number of ether oxygens (including phenoxy) is 2. The fraction of sp³-hybridized carbons (Fsp3) is 0.562. The minimum atomic E-state index is -0.338. The van der Waals surface area contributed by atoms with Gasteiger partial charge in [-0.1, -0.05) is 18.2 Å². The Bertz CT molecular complexity index is 501. The second-order valence-electron chi connectivity index (χ2n) is 5.34. The molecule has 0 radical (unpaired) electrons. The summed E-state index contributed by atoms with van der Waals surface area (Å²) in [5.41, 5.74) is 0.568. The van der Waals surface area contributed by atoms with Gasteiger partial charge in [-0.3, -0.25) is 0 Å². The second kappa shape index (κ2) is 9.44. The molecule has 23 heavy (non-hydrogen) atoms. The Morgan fingerprint density at radius 1 is 1.43 bits per heavy atom. The van der Waals surface area contributed by atoms with E-state index in [1.54, 1.807) is 18.2 Å². The summed E-state index contributed by atoms with van der Waals surface area (Å²) < 4.78 is 24.3. The maximum Gasteiger partial charge on any atom is 0.315 e. The van der Waals surface area contributed by atoms with Crippen LogP contribution in [-0.2, 0) is 15.9 Å². The number of hydrogen-bond acceptors (Lipinski definition) is 4. The molecule has 0 spiro atoms. The Hall–Kier alpha value is -1.70. The van der Waals surface area contributed by atoms with Gasteiger partial charge in [0.1, 0.15) is 5.82 Å². The molecule has 0 unspecified atom stereocenters. The maximum atomic E-state index is 13.5. The van der Waals surface area contributed by atoms with E-state index in [2.05, 4.69) is 10.6 Å². The highest BCUT2D eigenvalue weighted by Crippen LogP contribution is 2.12. The Kier molecular flexibility index (Phi) is 7.25. The van der Waals surface area contributed by atoms with Crippen molar-refractivity contribution in [1.82, 2.24) is 10.6 Å². The third-order valence-corrected chi connectivity index (χ3v) is 3.67. The van der Waals surface area contributed by atoms with Crippen molar-refractivity contribution < 1.29 is 23.8 Å². The monoisotopic (exact) mass is 326 g/mol. The molecule has 0 bridgehead atoms. The lowest BCUT2D eigenvalue weighted by Crippen LogP contribution is -2.53. The van der Waals surface area contributed by atoms with E-state index in [0.29, 0.717) is 38.2 Å². The molecule has 128 valence electrons. The lowest BCUT2D eigenvalue weighted by Gasteiger charge is -2.31. The van der Waals surface area contributed by atoms with Crippen molar-refractivity contribution in [3.63, 3.8) is 0 Å². The van der Waals surface area contributed by atoms with E-state index >= 15 is 0 Å². The smallest absolute Gasteiger partial charge is 0.315 e. The van der Waals surface area contributed by atoms with Crippen LogP contribution in [0.5, 0.6) is 0 Å². The van der Waals surface area contributed by atoms with Gasteiger partial charge >= 0.3 is 6.03 Å². The summed E-state index contributed by atoms with van der Waals surface area (Å²) in [5.74, 6) is -0.271. The normalized spacial score (nSPS) is 21.0. The van der Waals surface area contributed by atoms with Gasteiger partial charge in [0.25, 0.3) is 0 Å². The van der Waals surface area contributed by atoms with Gasteiger partial charge in [0.2, 0.25) is 0 Å². The van der Waals surface area contributed by atoms with Crippen LogP contribution in [0.1, 0.15) is 12.0 Å². The van der Waals surface area contributed by atoms with Crippen molar-refractivity contribution in [3.8, 4) is 0 Å². The number of carbonyl (C=O) groups excluding carboxylic acids is 1. The van der Waals surface area contributed by atoms with Crippen molar-refractivity contribution in [2.24, 2.45) is 0 Å². The van der Waals surface area contributed by atoms with E-state index in [9.17, 15) is 9.18 Å². The summed E-state index contributed by atoms with van der Waals surface area (Å²) in [6, 6.07) is 5.90. The Labute approximate surface area is 135 Å². The van der Waals surface area contributed by atoms with Crippen molar-refractivity contribution in [3.05, 3.63) is 35.6 Å². The Morgan fingerprint density at radius 3 is 3.04 bits per heavy atom. The highest BCUT2D eigenvalue weighted by Gasteiger charge is 2.27. The number of aliphatic hydroxyl groups excluding tert-OH is 1. The van der Waals surface area contributed by atoms with Gasteiger partial charge in [-0.25, -0.2) is 9.18 Å². The third-order valence-electron chi connectivity index (χ3n) is 3.67. The van der Waals surface area contributed by atoms with Gasteiger partial charge in [-0.05, 0) is 24.5 Å². The topological polar surface area (TPSA) is 79.8 Å². The van der Waals surface area contributed by atoms with E-state index in [4.69, 9.17) is 14.6 Å². The molecule has 1 heterocycles. The molecule has 0 saturated carbocycles. The number of halogens is 1. The predicted octanol–water partition coefficient (Wildman–Crippen LogP) is 0.834. The van der Waals surface area contributed by atoms with Crippen LogP contribution >= 0.6 is 0 Å². The molecule has 1 saturated heterocycles. The molecular formula is C16H23FN2O4. The van der Waals surface area contributed by atoms with Gasteiger partial charge < -0.3 is 25.2 Å². The fourth-order valence-electron chi connectivity index (χ4n) is 2.49. The molecule has 0 aliphatic carbocycles. The molecule has 6 nitrogen and oxygen atoms in total. The van der Waals surface area contributed by atoms with E-state index in [0.717, 1.165) is 0 Å². The van der Waals surface area contributed by atoms with Gasteiger partial charge in [-0.2, -0.15) is 0 Å². The fourth-order valence-corrected chi connectivity index (χ4v) is 2.49. The van der Waals surface area contributed by atoms with Crippen LogP contribution in [0.25, 0.3) is 0 Å². The van der Waals surface area contributed by atoms with E-state index in [1.807, 2.05) is 0 Å².